The van der Waals surface area contributed by atoms with Crippen molar-refractivity contribution in [1.82, 2.24) is 0 Å². The number of nitrogens with zero attached hydrogens (tertiary/aromatic N) is 1. The van der Waals surface area contributed by atoms with E-state index in [-0.39, 0.29) is 18.9 Å². The van der Waals surface area contributed by atoms with Crippen LogP contribution >= 0.6 is 0 Å². The monoisotopic (exact) mass is 585 g/mol. The average molecular weight is 586 g/mol. The Morgan fingerprint density at radius 1 is 0.634 bits per heavy atom. The van der Waals surface area contributed by atoms with Crippen LogP contribution in [0.4, 0.5) is 5.69 Å². The van der Waals surface area contributed by atoms with Gasteiger partial charge in [0.25, 0.3) is 5.69 Å². The van der Waals surface area contributed by atoms with E-state index in [9.17, 15) is 40.8 Å². The highest BCUT2D eigenvalue weighted by Gasteiger charge is 2.45. The van der Waals surface area contributed by atoms with Gasteiger partial charge in [0.15, 0.2) is 12.6 Å². The molecule has 10 unspecified atom stereocenters. The molecule has 0 saturated carbocycles. The summed E-state index contributed by atoms with van der Waals surface area (Å²) in [5.41, 5.74) is 1.43. The number of aliphatic hydroxyl groups is 8. The van der Waals surface area contributed by atoms with Gasteiger partial charge in [-0.05, 0) is 23.3 Å². The van der Waals surface area contributed by atoms with Crippen LogP contribution in [0.5, 0.6) is 0 Å². The van der Waals surface area contributed by atoms with Gasteiger partial charge in [-0.1, -0.05) is 30.3 Å². The third kappa shape index (κ3) is 8.68. The van der Waals surface area contributed by atoms with Crippen molar-refractivity contribution in [1.29, 1.82) is 0 Å². The fourth-order valence-corrected chi connectivity index (χ4v) is 4.06. The SMILES string of the molecule is O=[N+]([O-])c1ccc(COC2OC(CO)C(O)C(O)C2O)cc1.OCC1OC(OCc2ccccc2)C(O)C(O)C1O. The van der Waals surface area contributed by atoms with Crippen molar-refractivity contribution in [2.45, 2.75) is 74.6 Å². The molecule has 2 aromatic carbocycles. The summed E-state index contributed by atoms with van der Waals surface area (Å²) >= 11 is 0. The van der Waals surface area contributed by atoms with Gasteiger partial charge in [0, 0.05) is 12.1 Å². The highest BCUT2D eigenvalue weighted by atomic mass is 16.7. The molecule has 8 N–H and O–H groups in total. The predicted molar refractivity (Wildman–Crippen MR) is 137 cm³/mol. The fraction of sp³-hybridized carbons (Fsp3) is 0.538. The minimum Gasteiger partial charge on any atom is -0.394 e. The number of aliphatic hydroxyl groups excluding tert-OH is 8. The molecule has 0 amide bonds. The topological polar surface area (TPSA) is 242 Å². The minimum absolute atomic E-state index is 0.0271. The van der Waals surface area contributed by atoms with E-state index < -0.39 is 79.5 Å². The van der Waals surface area contributed by atoms with Crippen LogP contribution in [0.1, 0.15) is 11.1 Å². The largest absolute Gasteiger partial charge is 0.394 e. The van der Waals surface area contributed by atoms with Gasteiger partial charge in [-0.3, -0.25) is 10.1 Å². The number of hydrogen-bond acceptors (Lipinski definition) is 14. The average Bonchev–Trinajstić information content (AvgIpc) is 2.99. The Morgan fingerprint density at radius 2 is 1.05 bits per heavy atom. The second-order valence-electron chi connectivity index (χ2n) is 9.43. The zero-order valence-electron chi connectivity index (χ0n) is 21.8. The number of benzene rings is 2. The van der Waals surface area contributed by atoms with Crippen LogP contribution in [0.3, 0.4) is 0 Å². The molecule has 0 aliphatic carbocycles. The fourth-order valence-electron chi connectivity index (χ4n) is 4.06. The Bertz CT molecular complexity index is 1060. The van der Waals surface area contributed by atoms with E-state index in [1.54, 1.807) is 0 Å². The first-order chi connectivity index (χ1) is 19.6. The Morgan fingerprint density at radius 3 is 1.44 bits per heavy atom. The molecular weight excluding hydrogens is 550 g/mol. The molecule has 2 aromatic rings. The molecule has 228 valence electrons. The van der Waals surface area contributed by atoms with Gasteiger partial charge < -0.3 is 59.8 Å². The first-order valence-corrected chi connectivity index (χ1v) is 12.7. The molecule has 0 radical (unpaired) electrons. The van der Waals surface area contributed by atoms with Crippen LogP contribution in [0.2, 0.25) is 0 Å². The molecular formula is C26H35NO14. The molecule has 10 atom stereocenters. The highest BCUT2D eigenvalue weighted by Crippen LogP contribution is 2.24. The minimum atomic E-state index is -1.51. The molecule has 41 heavy (non-hydrogen) atoms. The molecule has 2 aliphatic rings. The number of hydrogen-bond donors (Lipinski definition) is 8. The third-order valence-corrected chi connectivity index (χ3v) is 6.52. The van der Waals surface area contributed by atoms with Crippen molar-refractivity contribution in [3.63, 3.8) is 0 Å². The van der Waals surface area contributed by atoms with Crippen LogP contribution in [-0.2, 0) is 32.2 Å². The number of rotatable bonds is 9. The summed E-state index contributed by atoms with van der Waals surface area (Å²) < 4.78 is 21.1. The first-order valence-electron chi connectivity index (χ1n) is 12.7. The highest BCUT2D eigenvalue weighted by molar-refractivity contribution is 5.32. The van der Waals surface area contributed by atoms with Gasteiger partial charge in [0.2, 0.25) is 0 Å². The van der Waals surface area contributed by atoms with E-state index in [2.05, 4.69) is 0 Å². The van der Waals surface area contributed by atoms with Crippen molar-refractivity contribution < 1.29 is 64.7 Å². The molecule has 2 aliphatic heterocycles. The van der Waals surface area contributed by atoms with E-state index in [0.717, 1.165) is 5.56 Å². The lowest BCUT2D eigenvalue weighted by Crippen LogP contribution is -2.59. The standard InChI is InChI=1S/C13H17NO8.C13H18O6/c15-5-9-10(16)11(17)12(18)13(22-9)21-6-7-1-3-8(4-2-7)14(19)20;14-6-9-10(15)11(16)12(17)13(19-9)18-7-8-4-2-1-3-5-8/h1-4,9-13,15-18H,5-6H2;1-5,9-17H,6-7H2. The molecule has 15 heteroatoms. The van der Waals surface area contributed by atoms with Crippen molar-refractivity contribution in [2.75, 3.05) is 13.2 Å². The third-order valence-electron chi connectivity index (χ3n) is 6.52. The summed E-state index contributed by atoms with van der Waals surface area (Å²) in [6.07, 6.45) is -12.9. The summed E-state index contributed by atoms with van der Waals surface area (Å²) in [7, 11) is 0. The van der Waals surface area contributed by atoms with Gasteiger partial charge in [-0.15, -0.1) is 0 Å². The molecule has 2 fully saturated rings. The van der Waals surface area contributed by atoms with Gasteiger partial charge >= 0.3 is 0 Å². The maximum absolute atomic E-state index is 10.5. The van der Waals surface area contributed by atoms with E-state index in [1.165, 1.54) is 24.3 Å². The van der Waals surface area contributed by atoms with Crippen LogP contribution in [0, 0.1) is 10.1 Å². The Hall–Kier alpha value is -2.64. The Balaban J connectivity index is 0.000000228. The first kappa shape index (κ1) is 32.9. The van der Waals surface area contributed by atoms with Crippen molar-refractivity contribution in [2.24, 2.45) is 0 Å². The van der Waals surface area contributed by atoms with Crippen molar-refractivity contribution in [3.8, 4) is 0 Å². The Labute approximate surface area is 234 Å². The second kappa shape index (κ2) is 15.5. The van der Waals surface area contributed by atoms with Gasteiger partial charge in [-0.2, -0.15) is 0 Å². The maximum atomic E-state index is 10.5. The number of non-ortho nitro benzene ring substituents is 1. The zero-order chi connectivity index (χ0) is 30.1. The molecule has 2 saturated heterocycles. The normalized spacial score (nSPS) is 33.5. The lowest BCUT2D eigenvalue weighted by Gasteiger charge is -2.39. The Kier molecular flexibility index (Phi) is 12.5. The van der Waals surface area contributed by atoms with Crippen molar-refractivity contribution >= 4 is 5.69 Å². The zero-order valence-corrected chi connectivity index (χ0v) is 21.8. The lowest BCUT2D eigenvalue weighted by atomic mass is 9.99. The van der Waals surface area contributed by atoms with E-state index in [1.807, 2.05) is 30.3 Å². The molecule has 0 spiro atoms. The molecule has 0 aromatic heterocycles. The lowest BCUT2D eigenvalue weighted by molar-refractivity contribution is -0.384. The number of ether oxygens (including phenoxy) is 4. The van der Waals surface area contributed by atoms with Crippen LogP contribution in [0.25, 0.3) is 0 Å². The van der Waals surface area contributed by atoms with Crippen LogP contribution in [0.15, 0.2) is 54.6 Å². The van der Waals surface area contributed by atoms with Crippen LogP contribution < -0.4 is 0 Å². The second-order valence-corrected chi connectivity index (χ2v) is 9.43. The summed E-state index contributed by atoms with van der Waals surface area (Å²) in [6, 6.07) is 14.9. The number of nitro benzene ring substituents is 1. The van der Waals surface area contributed by atoms with E-state index in [4.69, 9.17) is 29.2 Å². The summed E-state index contributed by atoms with van der Waals surface area (Å²) in [5.74, 6) is 0. The molecule has 0 bridgehead atoms. The maximum Gasteiger partial charge on any atom is 0.269 e. The molecule has 15 nitrogen and oxygen atoms in total. The van der Waals surface area contributed by atoms with Crippen LogP contribution in [-0.4, -0.2) is 120 Å². The quantitative estimate of drug-likeness (QED) is 0.116. The summed E-state index contributed by atoms with van der Waals surface area (Å²) in [6.45, 7) is -0.831. The molecule has 2 heterocycles. The van der Waals surface area contributed by atoms with Gasteiger partial charge in [-0.25, -0.2) is 0 Å². The van der Waals surface area contributed by atoms with E-state index in [0.29, 0.717) is 5.56 Å². The molecule has 4 rings (SSSR count). The number of nitro groups is 1. The van der Waals surface area contributed by atoms with Gasteiger partial charge in [0.1, 0.15) is 48.8 Å². The van der Waals surface area contributed by atoms with E-state index >= 15 is 0 Å². The smallest absolute Gasteiger partial charge is 0.269 e. The van der Waals surface area contributed by atoms with Gasteiger partial charge in [0.05, 0.1) is 31.4 Å². The summed E-state index contributed by atoms with van der Waals surface area (Å²) in [4.78, 5) is 10.0. The summed E-state index contributed by atoms with van der Waals surface area (Å²) in [5, 5.41) is 86.6. The predicted octanol–water partition coefficient (Wildman–Crippen LogP) is -2.09. The van der Waals surface area contributed by atoms with Crippen molar-refractivity contribution in [3.05, 3.63) is 75.8 Å².